The van der Waals surface area contributed by atoms with Crippen molar-refractivity contribution in [2.24, 2.45) is 0 Å². The fourth-order valence-electron chi connectivity index (χ4n) is 3.72. The number of Topliss-reactive ketones (excluding diaryl/α,β-unsaturated/α-hetero) is 1. The minimum Gasteiger partial charge on any atom is -0.478 e. The van der Waals surface area contributed by atoms with Crippen molar-refractivity contribution in [2.75, 3.05) is 0 Å². The lowest BCUT2D eigenvalue weighted by atomic mass is 9.87. The van der Waals surface area contributed by atoms with Crippen LogP contribution in [0.4, 0.5) is 0 Å². The van der Waals surface area contributed by atoms with Crippen molar-refractivity contribution in [3.05, 3.63) is 51.5 Å². The fourth-order valence-corrected chi connectivity index (χ4v) is 4.08. The van der Waals surface area contributed by atoms with Crippen LogP contribution in [0.25, 0.3) is 0 Å². The van der Waals surface area contributed by atoms with E-state index >= 15 is 0 Å². The van der Waals surface area contributed by atoms with Crippen molar-refractivity contribution in [3.8, 4) is 5.75 Å². The standard InChI is InChI=1S/C18H17BrO2/c19-14-5-6-16-15(11-14)17(20)18(21-16)9-7-12-3-1-2-4-13(12)8-10-18/h1,3,5-6,11H,2,4,7-10H2. The first-order valence-corrected chi connectivity index (χ1v) is 8.38. The van der Waals surface area contributed by atoms with Crippen LogP contribution in [0.1, 0.15) is 48.9 Å². The summed E-state index contributed by atoms with van der Waals surface area (Å²) in [5.74, 6) is 0.918. The van der Waals surface area contributed by atoms with Gasteiger partial charge < -0.3 is 4.74 Å². The minimum atomic E-state index is -0.631. The van der Waals surface area contributed by atoms with E-state index in [0.717, 1.165) is 54.3 Å². The number of fused-ring (bicyclic) bond motifs is 1. The molecule has 0 fully saturated rings. The van der Waals surface area contributed by atoms with Crippen LogP contribution >= 0.6 is 15.9 Å². The molecule has 3 heteroatoms. The van der Waals surface area contributed by atoms with E-state index in [9.17, 15) is 4.79 Å². The number of halogens is 1. The summed E-state index contributed by atoms with van der Waals surface area (Å²) in [4.78, 5) is 12.9. The normalized spacial score (nSPS) is 27.4. The Morgan fingerprint density at radius 1 is 1.14 bits per heavy atom. The molecule has 1 aromatic rings. The highest BCUT2D eigenvalue weighted by atomic mass is 79.9. The average Bonchev–Trinajstić information content (AvgIpc) is 2.66. The number of carbonyl (C=O) groups is 1. The van der Waals surface area contributed by atoms with Gasteiger partial charge in [0, 0.05) is 4.47 Å². The zero-order valence-corrected chi connectivity index (χ0v) is 13.4. The Balaban J connectivity index is 1.66. The Kier molecular flexibility index (Phi) is 3.07. The Bertz CT molecular complexity index is 686. The van der Waals surface area contributed by atoms with Crippen LogP contribution in [-0.2, 0) is 0 Å². The molecule has 0 bridgehead atoms. The number of benzene rings is 1. The Labute approximate surface area is 133 Å². The van der Waals surface area contributed by atoms with Crippen LogP contribution in [0.2, 0.25) is 0 Å². The van der Waals surface area contributed by atoms with Gasteiger partial charge in [0.05, 0.1) is 5.56 Å². The second kappa shape index (κ2) is 4.84. The van der Waals surface area contributed by atoms with E-state index in [1.807, 2.05) is 18.2 Å². The van der Waals surface area contributed by atoms with Crippen LogP contribution < -0.4 is 4.74 Å². The Hall–Kier alpha value is -1.35. The molecule has 2 aliphatic carbocycles. The predicted octanol–water partition coefficient (Wildman–Crippen LogP) is 4.98. The second-order valence-corrected chi connectivity index (χ2v) is 7.05. The van der Waals surface area contributed by atoms with Gasteiger partial charge in [-0.2, -0.15) is 0 Å². The number of ketones is 1. The van der Waals surface area contributed by atoms with Gasteiger partial charge in [0.1, 0.15) is 5.75 Å². The summed E-state index contributed by atoms with van der Waals surface area (Å²) in [6, 6.07) is 5.74. The zero-order chi connectivity index (χ0) is 14.4. The summed E-state index contributed by atoms with van der Waals surface area (Å²) >= 11 is 3.44. The first-order valence-electron chi connectivity index (χ1n) is 7.59. The van der Waals surface area contributed by atoms with Crippen LogP contribution in [0.3, 0.4) is 0 Å². The molecule has 1 heterocycles. The van der Waals surface area contributed by atoms with E-state index in [-0.39, 0.29) is 5.78 Å². The molecule has 1 unspecified atom stereocenters. The van der Waals surface area contributed by atoms with E-state index in [0.29, 0.717) is 0 Å². The number of ether oxygens (including phenoxy) is 1. The molecule has 108 valence electrons. The third kappa shape index (κ3) is 2.10. The first-order chi connectivity index (χ1) is 10.2. The van der Waals surface area contributed by atoms with Gasteiger partial charge in [-0.1, -0.05) is 33.7 Å². The molecule has 1 aromatic carbocycles. The summed E-state index contributed by atoms with van der Waals surface area (Å²) in [5, 5.41) is 0. The van der Waals surface area contributed by atoms with E-state index in [4.69, 9.17) is 4.74 Å². The third-order valence-electron chi connectivity index (χ3n) is 4.92. The molecule has 1 spiro atoms. The van der Waals surface area contributed by atoms with Gasteiger partial charge in [0.15, 0.2) is 5.60 Å². The summed E-state index contributed by atoms with van der Waals surface area (Å²) in [5.41, 5.74) is 3.07. The van der Waals surface area contributed by atoms with Gasteiger partial charge in [-0.05, 0) is 62.3 Å². The summed E-state index contributed by atoms with van der Waals surface area (Å²) in [6.45, 7) is 0. The van der Waals surface area contributed by atoms with E-state index in [2.05, 4.69) is 28.1 Å². The molecule has 2 nitrogen and oxygen atoms in total. The number of hydrogen-bond acceptors (Lipinski definition) is 2. The van der Waals surface area contributed by atoms with Crippen LogP contribution in [-0.4, -0.2) is 11.4 Å². The molecule has 1 aliphatic heterocycles. The maximum Gasteiger partial charge on any atom is 0.210 e. The lowest BCUT2D eigenvalue weighted by molar-refractivity contribution is 0.0500. The number of allylic oxidation sites excluding steroid dienone is 4. The quantitative estimate of drug-likeness (QED) is 0.663. The third-order valence-corrected chi connectivity index (χ3v) is 5.41. The maximum atomic E-state index is 12.9. The van der Waals surface area contributed by atoms with Gasteiger partial charge in [-0.15, -0.1) is 0 Å². The van der Waals surface area contributed by atoms with Gasteiger partial charge in [0.25, 0.3) is 0 Å². The van der Waals surface area contributed by atoms with E-state index < -0.39 is 5.60 Å². The highest BCUT2D eigenvalue weighted by Gasteiger charge is 2.48. The first kappa shape index (κ1) is 13.3. The average molecular weight is 345 g/mol. The van der Waals surface area contributed by atoms with Crippen molar-refractivity contribution >= 4 is 21.7 Å². The summed E-state index contributed by atoms with van der Waals surface area (Å²) in [6.07, 6.45) is 10.3. The lowest BCUT2D eigenvalue weighted by Gasteiger charge is -2.25. The zero-order valence-electron chi connectivity index (χ0n) is 11.8. The maximum absolute atomic E-state index is 12.9. The van der Waals surface area contributed by atoms with Crippen LogP contribution in [0.15, 0.2) is 46.0 Å². The van der Waals surface area contributed by atoms with Crippen LogP contribution in [0.5, 0.6) is 5.75 Å². The molecule has 0 saturated carbocycles. The smallest absolute Gasteiger partial charge is 0.210 e. The summed E-state index contributed by atoms with van der Waals surface area (Å²) in [7, 11) is 0. The SMILES string of the molecule is O=C1c2cc(Br)ccc2OC12CCC1=C(CCC=C1)CC2. The minimum absolute atomic E-state index is 0.169. The lowest BCUT2D eigenvalue weighted by Crippen LogP contribution is -2.39. The van der Waals surface area contributed by atoms with Gasteiger partial charge in [-0.25, -0.2) is 0 Å². The number of carbonyl (C=O) groups excluding carboxylic acids is 1. The molecule has 3 aliphatic rings. The van der Waals surface area contributed by atoms with E-state index in [1.54, 1.807) is 0 Å². The summed E-state index contributed by atoms with van der Waals surface area (Å²) < 4.78 is 7.10. The number of rotatable bonds is 0. The van der Waals surface area contributed by atoms with Gasteiger partial charge in [-0.3, -0.25) is 4.79 Å². The molecular weight excluding hydrogens is 328 g/mol. The van der Waals surface area contributed by atoms with Crippen molar-refractivity contribution < 1.29 is 9.53 Å². The van der Waals surface area contributed by atoms with E-state index in [1.165, 1.54) is 11.1 Å². The van der Waals surface area contributed by atoms with Crippen molar-refractivity contribution in [2.45, 2.75) is 44.1 Å². The molecule has 0 saturated heterocycles. The van der Waals surface area contributed by atoms with Crippen molar-refractivity contribution in [3.63, 3.8) is 0 Å². The molecule has 0 N–H and O–H groups in total. The van der Waals surface area contributed by atoms with Crippen molar-refractivity contribution in [1.29, 1.82) is 0 Å². The highest BCUT2D eigenvalue weighted by molar-refractivity contribution is 9.10. The molecule has 1 atom stereocenters. The van der Waals surface area contributed by atoms with Gasteiger partial charge >= 0.3 is 0 Å². The highest BCUT2D eigenvalue weighted by Crippen LogP contribution is 2.45. The molecular formula is C18H17BrO2. The molecule has 0 radical (unpaired) electrons. The fraction of sp³-hybridized carbons (Fsp3) is 0.389. The number of hydrogen-bond donors (Lipinski definition) is 0. The largest absolute Gasteiger partial charge is 0.478 e. The Morgan fingerprint density at radius 2 is 2.00 bits per heavy atom. The molecule has 4 rings (SSSR count). The van der Waals surface area contributed by atoms with Crippen molar-refractivity contribution in [1.82, 2.24) is 0 Å². The predicted molar refractivity (Wildman–Crippen MR) is 85.7 cm³/mol. The molecule has 0 amide bonds. The molecule has 0 aromatic heterocycles. The topological polar surface area (TPSA) is 26.3 Å². The Morgan fingerprint density at radius 3 is 2.90 bits per heavy atom. The van der Waals surface area contributed by atoms with Gasteiger partial charge in [0.2, 0.25) is 5.78 Å². The monoisotopic (exact) mass is 344 g/mol. The molecule has 21 heavy (non-hydrogen) atoms. The second-order valence-electron chi connectivity index (χ2n) is 6.14. The van der Waals surface area contributed by atoms with Crippen LogP contribution in [0, 0.1) is 0 Å².